The average molecular weight is 345 g/mol. The molecule has 0 N–H and O–H groups in total. The summed E-state index contributed by atoms with van der Waals surface area (Å²) in [5, 5.41) is 1.98. The largest absolute Gasteiger partial charge is 0.269 e. The van der Waals surface area contributed by atoms with E-state index in [4.69, 9.17) is 0 Å². The molecule has 0 spiro atoms. The molecule has 0 bridgehead atoms. The van der Waals surface area contributed by atoms with Crippen LogP contribution in [0.1, 0.15) is 16.8 Å². The summed E-state index contributed by atoms with van der Waals surface area (Å²) in [6, 6.07) is 13.5. The highest BCUT2D eigenvalue weighted by atomic mass is 32.1. The third-order valence-electron chi connectivity index (χ3n) is 3.87. The predicted octanol–water partition coefficient (Wildman–Crippen LogP) is 4.30. The summed E-state index contributed by atoms with van der Waals surface area (Å²) in [6.45, 7) is 2.04. The average Bonchev–Trinajstić information content (AvgIpc) is 3.05. The van der Waals surface area contributed by atoms with Gasteiger partial charge in [-0.15, -0.1) is 11.3 Å². The van der Waals surface area contributed by atoms with Gasteiger partial charge < -0.3 is 0 Å². The molecular weight excluding hydrogens is 330 g/mol. The van der Waals surface area contributed by atoms with Crippen molar-refractivity contribution in [1.29, 1.82) is 0 Å². The molecule has 0 aliphatic rings. The minimum absolute atomic E-state index is 0.0754. The molecule has 122 valence electrons. The van der Waals surface area contributed by atoms with Crippen LogP contribution < -0.4 is 5.56 Å². The number of aryl methyl sites for hydroxylation is 1. The van der Waals surface area contributed by atoms with Crippen molar-refractivity contribution in [1.82, 2.24) is 14.4 Å². The fourth-order valence-electron chi connectivity index (χ4n) is 2.68. The summed E-state index contributed by atoms with van der Waals surface area (Å²) in [6.07, 6.45) is 7.24. The monoisotopic (exact) mass is 345 g/mol. The van der Waals surface area contributed by atoms with E-state index in [9.17, 15) is 4.79 Å². The molecule has 4 nitrogen and oxygen atoms in total. The first-order valence-corrected chi connectivity index (χ1v) is 8.75. The van der Waals surface area contributed by atoms with Crippen molar-refractivity contribution < 1.29 is 0 Å². The minimum Gasteiger partial charge on any atom is -0.269 e. The van der Waals surface area contributed by atoms with E-state index in [1.165, 1.54) is 11.3 Å². The Balaban J connectivity index is 1.77. The summed E-state index contributed by atoms with van der Waals surface area (Å²) >= 11 is 1.47. The van der Waals surface area contributed by atoms with Gasteiger partial charge in [-0.05, 0) is 36.3 Å². The molecule has 0 saturated carbocycles. The third-order valence-corrected chi connectivity index (χ3v) is 4.70. The molecule has 0 unspecified atom stereocenters. The number of aromatic nitrogens is 3. The van der Waals surface area contributed by atoms with Crippen molar-refractivity contribution in [2.24, 2.45) is 0 Å². The Hall–Kier alpha value is -3.05. The van der Waals surface area contributed by atoms with Gasteiger partial charge in [-0.2, -0.15) is 0 Å². The Labute approximate surface area is 148 Å². The Morgan fingerprint density at radius 3 is 2.84 bits per heavy atom. The second kappa shape index (κ2) is 6.45. The minimum atomic E-state index is -0.0754. The molecule has 0 aliphatic heterocycles. The van der Waals surface area contributed by atoms with E-state index in [0.717, 1.165) is 22.4 Å². The van der Waals surface area contributed by atoms with Crippen LogP contribution in [-0.4, -0.2) is 14.4 Å². The number of rotatable bonds is 3. The van der Waals surface area contributed by atoms with Gasteiger partial charge in [0.05, 0.1) is 11.4 Å². The predicted molar refractivity (Wildman–Crippen MR) is 103 cm³/mol. The molecule has 0 radical (unpaired) electrons. The highest BCUT2D eigenvalue weighted by molar-refractivity contribution is 7.15. The Morgan fingerprint density at radius 1 is 1.12 bits per heavy atom. The molecule has 1 aromatic carbocycles. The van der Waals surface area contributed by atoms with E-state index < -0.39 is 0 Å². The quantitative estimate of drug-likeness (QED) is 0.556. The van der Waals surface area contributed by atoms with Gasteiger partial charge in [0.15, 0.2) is 4.96 Å². The summed E-state index contributed by atoms with van der Waals surface area (Å²) in [4.78, 5) is 22.0. The molecule has 5 heteroatoms. The third kappa shape index (κ3) is 3.14. The van der Waals surface area contributed by atoms with Crippen molar-refractivity contribution in [3.63, 3.8) is 0 Å². The lowest BCUT2D eigenvalue weighted by atomic mass is 10.1. The van der Waals surface area contributed by atoms with Gasteiger partial charge in [0.25, 0.3) is 5.56 Å². The number of thiazole rings is 1. The van der Waals surface area contributed by atoms with Crippen LogP contribution in [0.5, 0.6) is 0 Å². The smallest absolute Gasteiger partial charge is 0.259 e. The maximum Gasteiger partial charge on any atom is 0.259 e. The maximum atomic E-state index is 12.6. The molecule has 4 aromatic rings. The number of nitrogens with zero attached hydrogens (tertiary/aromatic N) is 3. The molecule has 3 aromatic heterocycles. The van der Waals surface area contributed by atoms with Crippen LogP contribution >= 0.6 is 11.3 Å². The van der Waals surface area contributed by atoms with E-state index in [-0.39, 0.29) is 5.56 Å². The molecule has 0 fully saturated rings. The van der Waals surface area contributed by atoms with Crippen LogP contribution in [0, 0.1) is 6.92 Å². The van der Waals surface area contributed by atoms with Crippen LogP contribution in [-0.2, 0) is 0 Å². The number of hydrogen-bond donors (Lipinski definition) is 0. The van der Waals surface area contributed by atoms with Gasteiger partial charge in [0.2, 0.25) is 0 Å². The standard InChI is InChI=1S/C20H15N3OS/c1-14-4-2-6-16(10-14)18-13-25-20-22-17(11-19(24)23(18)20)8-7-15-5-3-9-21-12-15/h2-13H,1H3. The normalized spacial score (nSPS) is 11.4. The van der Waals surface area contributed by atoms with Gasteiger partial charge in [0, 0.05) is 23.8 Å². The van der Waals surface area contributed by atoms with Gasteiger partial charge in [0.1, 0.15) is 0 Å². The van der Waals surface area contributed by atoms with Crippen LogP contribution in [0.3, 0.4) is 0 Å². The summed E-state index contributed by atoms with van der Waals surface area (Å²) in [5.41, 5.74) is 4.60. The molecule has 0 aliphatic carbocycles. The fourth-order valence-corrected chi connectivity index (χ4v) is 3.59. The number of fused-ring (bicyclic) bond motifs is 1. The second-order valence-corrected chi connectivity index (χ2v) is 6.58. The highest BCUT2D eigenvalue weighted by Crippen LogP contribution is 2.24. The summed E-state index contributed by atoms with van der Waals surface area (Å²) < 4.78 is 1.67. The second-order valence-electron chi connectivity index (χ2n) is 5.75. The first-order chi connectivity index (χ1) is 12.2. The highest BCUT2D eigenvalue weighted by Gasteiger charge is 2.10. The number of benzene rings is 1. The van der Waals surface area contributed by atoms with Crippen LogP contribution in [0.4, 0.5) is 0 Å². The van der Waals surface area contributed by atoms with Crippen LogP contribution in [0.2, 0.25) is 0 Å². The molecule has 0 amide bonds. The lowest BCUT2D eigenvalue weighted by molar-refractivity contribution is 1.08. The van der Waals surface area contributed by atoms with Crippen LogP contribution in [0.15, 0.2) is 65.0 Å². The lowest BCUT2D eigenvalue weighted by Crippen LogP contribution is -2.13. The first kappa shape index (κ1) is 15.5. The molecular formula is C20H15N3OS. The Bertz CT molecular complexity index is 1130. The molecule has 0 atom stereocenters. The summed E-state index contributed by atoms with van der Waals surface area (Å²) in [5.74, 6) is 0. The van der Waals surface area contributed by atoms with Crippen molar-refractivity contribution in [2.75, 3.05) is 0 Å². The van der Waals surface area contributed by atoms with Gasteiger partial charge in [-0.25, -0.2) is 4.98 Å². The van der Waals surface area contributed by atoms with E-state index in [1.54, 1.807) is 22.9 Å². The van der Waals surface area contributed by atoms with Crippen molar-refractivity contribution >= 4 is 28.4 Å². The van der Waals surface area contributed by atoms with Gasteiger partial charge in [-0.3, -0.25) is 14.2 Å². The molecule has 4 rings (SSSR count). The van der Waals surface area contributed by atoms with E-state index in [0.29, 0.717) is 10.7 Å². The van der Waals surface area contributed by atoms with Crippen molar-refractivity contribution in [2.45, 2.75) is 6.92 Å². The SMILES string of the molecule is Cc1cccc(-c2csc3nc(C=Cc4cccnc4)cc(=O)n23)c1. The number of pyridine rings is 1. The van der Waals surface area contributed by atoms with Crippen molar-refractivity contribution in [3.8, 4) is 11.3 Å². The van der Waals surface area contributed by atoms with Crippen molar-refractivity contribution in [3.05, 3.63) is 87.4 Å². The first-order valence-electron chi connectivity index (χ1n) is 7.87. The Kier molecular flexibility index (Phi) is 3.99. The molecule has 0 saturated heterocycles. The fraction of sp³-hybridized carbons (Fsp3) is 0.0500. The molecule has 3 heterocycles. The maximum absolute atomic E-state index is 12.6. The van der Waals surface area contributed by atoms with Crippen LogP contribution in [0.25, 0.3) is 28.4 Å². The number of hydrogen-bond acceptors (Lipinski definition) is 4. The van der Waals surface area contributed by atoms with E-state index in [2.05, 4.69) is 16.0 Å². The van der Waals surface area contributed by atoms with E-state index >= 15 is 0 Å². The zero-order valence-electron chi connectivity index (χ0n) is 13.6. The van der Waals surface area contributed by atoms with Gasteiger partial charge in [-0.1, -0.05) is 35.9 Å². The Morgan fingerprint density at radius 2 is 2.04 bits per heavy atom. The zero-order valence-corrected chi connectivity index (χ0v) is 14.4. The topological polar surface area (TPSA) is 47.3 Å². The molecule has 25 heavy (non-hydrogen) atoms. The van der Waals surface area contributed by atoms with Gasteiger partial charge >= 0.3 is 0 Å². The lowest BCUT2D eigenvalue weighted by Gasteiger charge is -2.03. The van der Waals surface area contributed by atoms with E-state index in [1.807, 2.05) is 54.8 Å². The summed E-state index contributed by atoms with van der Waals surface area (Å²) in [7, 11) is 0. The zero-order chi connectivity index (χ0) is 17.2.